The number of aromatic nitrogens is 2. The molecule has 1 aromatic carbocycles. The monoisotopic (exact) mass is 273 g/mol. The highest BCUT2D eigenvalue weighted by atomic mass is 16.5. The maximum Gasteiger partial charge on any atom is 0.340 e. The van der Waals surface area contributed by atoms with E-state index in [4.69, 9.17) is 10.5 Å². The Balaban J connectivity index is 2.49. The van der Waals surface area contributed by atoms with Gasteiger partial charge in [-0.1, -0.05) is 12.1 Å². The quantitative estimate of drug-likeness (QED) is 0.665. The number of nitrogen functional groups attached to an aromatic ring is 1. The summed E-state index contributed by atoms with van der Waals surface area (Å²) in [6.07, 6.45) is 0. The number of hydrogen-bond acceptors (Lipinski definition) is 5. The van der Waals surface area contributed by atoms with Gasteiger partial charge in [-0.25, -0.2) is 9.48 Å². The van der Waals surface area contributed by atoms with Gasteiger partial charge >= 0.3 is 5.97 Å². The lowest BCUT2D eigenvalue weighted by molar-refractivity contribution is 0.0600. The number of ether oxygens (including phenoxy) is 1. The molecule has 104 valence electrons. The molecule has 0 saturated carbocycles. The Kier molecular flexibility index (Phi) is 3.84. The van der Waals surface area contributed by atoms with Gasteiger partial charge in [-0.05, 0) is 24.6 Å². The molecule has 20 heavy (non-hydrogen) atoms. The van der Waals surface area contributed by atoms with Gasteiger partial charge in [-0.2, -0.15) is 5.10 Å². The third-order valence-electron chi connectivity index (χ3n) is 2.89. The van der Waals surface area contributed by atoms with E-state index in [-0.39, 0.29) is 17.7 Å². The van der Waals surface area contributed by atoms with Crippen molar-refractivity contribution in [1.82, 2.24) is 9.78 Å². The van der Waals surface area contributed by atoms with Crippen LogP contribution in [0, 0.1) is 6.92 Å². The largest absolute Gasteiger partial charge is 0.465 e. The molecule has 2 rings (SSSR count). The average Bonchev–Trinajstić information content (AvgIpc) is 2.42. The molecule has 0 unspecified atom stereocenters. The highest BCUT2D eigenvalue weighted by Gasteiger charge is 2.16. The second kappa shape index (κ2) is 5.56. The molecule has 0 aliphatic carbocycles. The summed E-state index contributed by atoms with van der Waals surface area (Å²) in [5.41, 5.74) is 7.46. The molecule has 0 bridgehead atoms. The molecule has 0 spiro atoms. The standard InChI is InChI=1S/C14H15N3O3/c1-9-6-7-12(18)17(16-9)8-10-4-3-5-11(15)13(10)14(19)20-2/h3-7H,8,15H2,1-2H3. The van der Waals surface area contributed by atoms with Crippen molar-refractivity contribution < 1.29 is 9.53 Å². The summed E-state index contributed by atoms with van der Waals surface area (Å²) in [6, 6.07) is 8.13. The summed E-state index contributed by atoms with van der Waals surface area (Å²) in [7, 11) is 1.29. The van der Waals surface area contributed by atoms with Crippen LogP contribution >= 0.6 is 0 Å². The molecule has 2 N–H and O–H groups in total. The minimum Gasteiger partial charge on any atom is -0.465 e. The van der Waals surface area contributed by atoms with Gasteiger partial charge in [0.2, 0.25) is 0 Å². The van der Waals surface area contributed by atoms with Crippen LogP contribution in [-0.4, -0.2) is 22.9 Å². The summed E-state index contributed by atoms with van der Waals surface area (Å²) in [6.45, 7) is 1.95. The molecule has 0 aliphatic heterocycles. The third-order valence-corrected chi connectivity index (χ3v) is 2.89. The van der Waals surface area contributed by atoms with Crippen molar-refractivity contribution in [3.05, 3.63) is 57.5 Å². The van der Waals surface area contributed by atoms with Crippen LogP contribution in [0.2, 0.25) is 0 Å². The molecule has 0 aliphatic rings. The topological polar surface area (TPSA) is 87.2 Å². The number of anilines is 1. The zero-order valence-electron chi connectivity index (χ0n) is 11.3. The van der Waals surface area contributed by atoms with Crippen LogP contribution in [0.1, 0.15) is 21.6 Å². The minimum absolute atomic E-state index is 0.163. The van der Waals surface area contributed by atoms with E-state index in [2.05, 4.69) is 5.10 Å². The van der Waals surface area contributed by atoms with Gasteiger partial charge < -0.3 is 10.5 Å². The van der Waals surface area contributed by atoms with Crippen LogP contribution in [0.5, 0.6) is 0 Å². The number of methoxy groups -OCH3 is 1. The molecular weight excluding hydrogens is 258 g/mol. The van der Waals surface area contributed by atoms with Gasteiger partial charge in [0, 0.05) is 11.8 Å². The zero-order chi connectivity index (χ0) is 14.7. The molecule has 0 amide bonds. The van der Waals surface area contributed by atoms with E-state index < -0.39 is 5.97 Å². The van der Waals surface area contributed by atoms with Crippen LogP contribution in [0.25, 0.3) is 0 Å². The van der Waals surface area contributed by atoms with E-state index in [9.17, 15) is 9.59 Å². The molecule has 0 radical (unpaired) electrons. The normalized spacial score (nSPS) is 10.3. The number of nitrogens with zero attached hydrogens (tertiary/aromatic N) is 2. The Hall–Kier alpha value is -2.63. The second-order valence-electron chi connectivity index (χ2n) is 4.34. The van der Waals surface area contributed by atoms with Gasteiger partial charge in [-0.3, -0.25) is 4.79 Å². The molecule has 6 heteroatoms. The van der Waals surface area contributed by atoms with Crippen LogP contribution in [0.3, 0.4) is 0 Å². The van der Waals surface area contributed by atoms with E-state index >= 15 is 0 Å². The van der Waals surface area contributed by atoms with E-state index in [1.54, 1.807) is 31.2 Å². The van der Waals surface area contributed by atoms with E-state index in [1.807, 2.05) is 0 Å². The lowest BCUT2D eigenvalue weighted by Crippen LogP contribution is -2.24. The van der Waals surface area contributed by atoms with Crippen LogP contribution < -0.4 is 11.3 Å². The third kappa shape index (κ3) is 2.69. The van der Waals surface area contributed by atoms with Gasteiger partial charge in [-0.15, -0.1) is 0 Å². The molecule has 1 aromatic heterocycles. The molecule has 0 fully saturated rings. The predicted octanol–water partition coefficient (Wildman–Crippen LogP) is 0.969. The van der Waals surface area contributed by atoms with Gasteiger partial charge in [0.25, 0.3) is 5.56 Å². The highest BCUT2D eigenvalue weighted by molar-refractivity contribution is 5.96. The zero-order valence-corrected chi connectivity index (χ0v) is 11.3. The molecule has 2 aromatic rings. The number of hydrogen-bond donors (Lipinski definition) is 1. The summed E-state index contributed by atoms with van der Waals surface area (Å²) in [5.74, 6) is -0.529. The molecule has 0 atom stereocenters. The van der Waals surface area contributed by atoms with Crippen molar-refractivity contribution in [3.8, 4) is 0 Å². The molecular formula is C14H15N3O3. The van der Waals surface area contributed by atoms with Gasteiger partial charge in [0.15, 0.2) is 0 Å². The number of nitrogens with two attached hydrogens (primary N) is 1. The number of esters is 1. The minimum atomic E-state index is -0.529. The summed E-state index contributed by atoms with van der Waals surface area (Å²) in [4.78, 5) is 23.6. The van der Waals surface area contributed by atoms with Gasteiger partial charge in [0.1, 0.15) is 0 Å². The fourth-order valence-corrected chi connectivity index (χ4v) is 1.93. The van der Waals surface area contributed by atoms with Crippen molar-refractivity contribution in [2.45, 2.75) is 13.5 Å². The van der Waals surface area contributed by atoms with Crippen LogP contribution in [-0.2, 0) is 11.3 Å². The maximum atomic E-state index is 11.8. The Morgan fingerprint density at radius 2 is 2.10 bits per heavy atom. The molecule has 0 saturated heterocycles. The first-order valence-electron chi connectivity index (χ1n) is 6.03. The molecule has 1 heterocycles. The lowest BCUT2D eigenvalue weighted by Gasteiger charge is -2.11. The first-order valence-corrected chi connectivity index (χ1v) is 6.03. The van der Waals surface area contributed by atoms with E-state index in [0.29, 0.717) is 16.9 Å². The summed E-state index contributed by atoms with van der Waals surface area (Å²) in [5, 5.41) is 4.14. The Morgan fingerprint density at radius 1 is 1.35 bits per heavy atom. The van der Waals surface area contributed by atoms with Crippen molar-refractivity contribution >= 4 is 11.7 Å². The first kappa shape index (κ1) is 13.8. The van der Waals surface area contributed by atoms with Crippen LogP contribution in [0.15, 0.2) is 35.1 Å². The Labute approximate surface area is 115 Å². The fraction of sp³-hybridized carbons (Fsp3) is 0.214. The number of benzene rings is 1. The maximum absolute atomic E-state index is 11.8. The number of carbonyl (C=O) groups is 1. The molecule has 6 nitrogen and oxygen atoms in total. The SMILES string of the molecule is COC(=O)c1c(N)cccc1Cn1nc(C)ccc1=O. The number of rotatable bonds is 3. The average molecular weight is 273 g/mol. The van der Waals surface area contributed by atoms with Gasteiger partial charge in [0.05, 0.1) is 24.9 Å². The number of carbonyl (C=O) groups excluding carboxylic acids is 1. The van der Waals surface area contributed by atoms with Crippen molar-refractivity contribution in [2.24, 2.45) is 0 Å². The van der Waals surface area contributed by atoms with E-state index in [1.165, 1.54) is 17.9 Å². The van der Waals surface area contributed by atoms with Crippen molar-refractivity contribution in [1.29, 1.82) is 0 Å². The smallest absolute Gasteiger partial charge is 0.340 e. The Bertz CT molecular complexity index is 707. The summed E-state index contributed by atoms with van der Waals surface area (Å²) < 4.78 is 6.01. The van der Waals surface area contributed by atoms with Crippen molar-refractivity contribution in [2.75, 3.05) is 12.8 Å². The Morgan fingerprint density at radius 3 is 2.80 bits per heavy atom. The first-order chi connectivity index (χ1) is 9.52. The fourth-order valence-electron chi connectivity index (χ4n) is 1.93. The van der Waals surface area contributed by atoms with Crippen molar-refractivity contribution in [3.63, 3.8) is 0 Å². The number of aryl methyl sites for hydroxylation is 1. The summed E-state index contributed by atoms with van der Waals surface area (Å²) >= 11 is 0. The van der Waals surface area contributed by atoms with Crippen LogP contribution in [0.4, 0.5) is 5.69 Å². The highest BCUT2D eigenvalue weighted by Crippen LogP contribution is 2.18. The lowest BCUT2D eigenvalue weighted by atomic mass is 10.1. The van der Waals surface area contributed by atoms with E-state index in [0.717, 1.165) is 0 Å². The second-order valence-corrected chi connectivity index (χ2v) is 4.34. The predicted molar refractivity (Wildman–Crippen MR) is 74.5 cm³/mol.